The number of carbonyl (C=O) groups excluding carboxylic acids is 1. The first-order valence-electron chi connectivity index (χ1n) is 11.6. The van der Waals surface area contributed by atoms with E-state index < -0.39 is 61.4 Å². The zero-order valence-electron chi connectivity index (χ0n) is 19.6. The van der Waals surface area contributed by atoms with Crippen LogP contribution in [0.2, 0.25) is 0 Å². The summed E-state index contributed by atoms with van der Waals surface area (Å²) < 4.78 is 17.3. The fourth-order valence-electron chi connectivity index (χ4n) is 4.27. The Kier molecular flexibility index (Phi) is 10.4. The number of aliphatic hydroxyl groups excluding tert-OH is 4. The van der Waals surface area contributed by atoms with E-state index in [1.54, 1.807) is 0 Å². The zero-order chi connectivity index (χ0) is 24.9. The summed E-state index contributed by atoms with van der Waals surface area (Å²) in [6, 6.07) is -1.18. The van der Waals surface area contributed by atoms with Crippen LogP contribution in [0, 0.1) is 0 Å². The lowest BCUT2D eigenvalue weighted by Crippen LogP contribution is -2.68. The number of amides is 1. The molecule has 2 heterocycles. The molecule has 0 radical (unpaired) electrons. The third kappa shape index (κ3) is 6.58. The topological polar surface area (TPSA) is 216 Å². The van der Waals surface area contributed by atoms with Crippen LogP contribution in [0.25, 0.3) is 0 Å². The fourth-order valence-corrected chi connectivity index (χ4v) is 4.27. The van der Waals surface area contributed by atoms with Gasteiger partial charge in [0.1, 0.15) is 49.1 Å². The molecule has 2 rings (SSSR count). The quantitative estimate of drug-likeness (QED) is 0.140. The molecule has 13 heteroatoms. The zero-order valence-corrected chi connectivity index (χ0v) is 19.6. The van der Waals surface area contributed by atoms with Crippen LogP contribution >= 0.6 is 0 Å². The number of hydrogen-bond donors (Lipinski definition) is 8. The molecule has 0 aromatic heterocycles. The molecule has 2 saturated heterocycles. The van der Waals surface area contributed by atoms with Gasteiger partial charge in [-0.3, -0.25) is 4.79 Å². The third-order valence-electron chi connectivity index (χ3n) is 7.03. The maximum absolute atomic E-state index is 12.4. The SMILES string of the molecule is CC[N+](CC)(CC)CCC(=O)NCC1O[C@@H](O[C@H]2C(N)O[C@@H](N)C(O)[C@H]2O)C(N)[C@@H](O)[C@H]1O. The van der Waals surface area contributed by atoms with Crippen LogP contribution in [0.4, 0.5) is 0 Å². The molecule has 33 heavy (non-hydrogen) atoms. The van der Waals surface area contributed by atoms with Gasteiger partial charge in [0.2, 0.25) is 5.91 Å². The Labute approximate surface area is 194 Å². The number of hydrogen-bond acceptors (Lipinski definition) is 11. The highest BCUT2D eigenvalue weighted by Crippen LogP contribution is 2.26. The summed E-state index contributed by atoms with van der Waals surface area (Å²) in [5.41, 5.74) is 17.3. The van der Waals surface area contributed by atoms with Gasteiger partial charge in [-0.1, -0.05) is 0 Å². The van der Waals surface area contributed by atoms with Crippen molar-refractivity contribution in [3.63, 3.8) is 0 Å². The molecule has 0 saturated carbocycles. The monoisotopic (exact) mass is 480 g/mol. The van der Waals surface area contributed by atoms with Crippen LogP contribution in [0.5, 0.6) is 0 Å². The van der Waals surface area contributed by atoms with Crippen LogP contribution in [-0.4, -0.2) is 125 Å². The molecule has 1 amide bonds. The summed E-state index contributed by atoms with van der Waals surface area (Å²) in [4.78, 5) is 12.4. The van der Waals surface area contributed by atoms with Crippen LogP contribution in [0.3, 0.4) is 0 Å². The van der Waals surface area contributed by atoms with E-state index in [2.05, 4.69) is 26.1 Å². The number of carbonyl (C=O) groups is 1. The molecule has 2 fully saturated rings. The van der Waals surface area contributed by atoms with E-state index in [1.807, 2.05) is 0 Å². The summed E-state index contributed by atoms with van der Waals surface area (Å²) in [7, 11) is 0. The summed E-state index contributed by atoms with van der Waals surface area (Å²) in [5.74, 6) is -0.208. The van der Waals surface area contributed by atoms with E-state index in [1.165, 1.54) is 0 Å². The molecule has 13 nitrogen and oxygen atoms in total. The van der Waals surface area contributed by atoms with Crippen LogP contribution in [0.1, 0.15) is 27.2 Å². The van der Waals surface area contributed by atoms with Crippen molar-refractivity contribution < 1.29 is 43.9 Å². The molecule has 0 aromatic rings. The predicted molar refractivity (Wildman–Crippen MR) is 117 cm³/mol. The number of nitrogens with one attached hydrogen (secondary N) is 1. The third-order valence-corrected chi connectivity index (χ3v) is 7.03. The Morgan fingerprint density at radius 1 is 0.909 bits per heavy atom. The second-order valence-electron chi connectivity index (χ2n) is 8.82. The van der Waals surface area contributed by atoms with Gasteiger partial charge in [-0.15, -0.1) is 0 Å². The molecular formula is C20H42N5O8+. The average molecular weight is 481 g/mol. The van der Waals surface area contributed by atoms with Crippen molar-refractivity contribution in [1.82, 2.24) is 5.32 Å². The van der Waals surface area contributed by atoms with Crippen molar-refractivity contribution in [2.45, 2.75) is 88.6 Å². The Hall–Kier alpha value is -0.970. The highest BCUT2D eigenvalue weighted by atomic mass is 16.7. The van der Waals surface area contributed by atoms with Crippen molar-refractivity contribution in [2.75, 3.05) is 32.7 Å². The van der Waals surface area contributed by atoms with Crippen molar-refractivity contribution in [3.05, 3.63) is 0 Å². The fraction of sp³-hybridized carbons (Fsp3) is 0.950. The Morgan fingerprint density at radius 3 is 2.09 bits per heavy atom. The number of ether oxygens (including phenoxy) is 3. The summed E-state index contributed by atoms with van der Waals surface area (Å²) in [6.07, 6.45) is -11.4. The summed E-state index contributed by atoms with van der Waals surface area (Å²) in [6.45, 7) is 9.64. The standard InChI is InChI=1S/C20H41N5O8/c1-4-25(5-2,6-3)8-7-11(26)24-9-10-13(27)14(28)12(21)20(31-10)32-17-15(29)16(30)18(22)33-19(17)23/h10,12-20,27-30H,4-9,21-23H2,1-3H3/p+1/t10?,12?,13-,14+,15+,16?,17+,18+,19?,20-/m0/s1. The number of nitrogens with zero attached hydrogens (tertiary/aromatic N) is 1. The molecular weight excluding hydrogens is 438 g/mol. The van der Waals surface area contributed by atoms with Crippen molar-refractivity contribution in [3.8, 4) is 0 Å². The summed E-state index contributed by atoms with van der Waals surface area (Å²) in [5, 5.41) is 43.7. The maximum atomic E-state index is 12.4. The van der Waals surface area contributed by atoms with E-state index in [0.29, 0.717) is 13.0 Å². The minimum Gasteiger partial charge on any atom is -0.388 e. The van der Waals surface area contributed by atoms with Crippen LogP contribution < -0.4 is 22.5 Å². The first-order chi connectivity index (χ1) is 15.5. The van der Waals surface area contributed by atoms with Gasteiger partial charge in [-0.2, -0.15) is 0 Å². The lowest BCUT2D eigenvalue weighted by Gasteiger charge is -2.45. The van der Waals surface area contributed by atoms with E-state index >= 15 is 0 Å². The van der Waals surface area contributed by atoms with Gasteiger partial charge in [-0.25, -0.2) is 0 Å². The van der Waals surface area contributed by atoms with Crippen molar-refractivity contribution >= 4 is 5.91 Å². The molecule has 0 spiro atoms. The molecule has 2 aliphatic heterocycles. The van der Waals surface area contributed by atoms with Gasteiger partial charge in [-0.05, 0) is 20.8 Å². The lowest BCUT2D eigenvalue weighted by molar-refractivity contribution is -0.922. The van der Waals surface area contributed by atoms with E-state index in [9.17, 15) is 25.2 Å². The molecule has 0 aromatic carbocycles. The minimum absolute atomic E-state index is 0.0860. The van der Waals surface area contributed by atoms with Crippen LogP contribution in [0.15, 0.2) is 0 Å². The van der Waals surface area contributed by atoms with Gasteiger partial charge in [0.25, 0.3) is 0 Å². The first-order valence-corrected chi connectivity index (χ1v) is 11.6. The number of quaternary nitrogens is 1. The van der Waals surface area contributed by atoms with Crippen molar-refractivity contribution in [2.24, 2.45) is 17.2 Å². The Morgan fingerprint density at radius 2 is 1.52 bits per heavy atom. The first kappa shape index (κ1) is 28.3. The minimum atomic E-state index is -1.49. The van der Waals surface area contributed by atoms with Crippen molar-refractivity contribution in [1.29, 1.82) is 0 Å². The van der Waals surface area contributed by atoms with Crippen LogP contribution in [-0.2, 0) is 19.0 Å². The van der Waals surface area contributed by atoms with Gasteiger partial charge >= 0.3 is 0 Å². The molecule has 194 valence electrons. The van der Waals surface area contributed by atoms with Gasteiger partial charge < -0.3 is 61.6 Å². The van der Waals surface area contributed by atoms with Gasteiger partial charge in [0.15, 0.2) is 6.29 Å². The Balaban J connectivity index is 1.96. The molecule has 2 aliphatic rings. The number of rotatable bonds is 10. The lowest BCUT2D eigenvalue weighted by atomic mass is 9.96. The predicted octanol–water partition coefficient (Wildman–Crippen LogP) is -4.15. The maximum Gasteiger partial charge on any atom is 0.225 e. The number of aliphatic hydroxyl groups is 4. The smallest absolute Gasteiger partial charge is 0.225 e. The number of nitrogens with two attached hydrogens (primary N) is 3. The Bertz CT molecular complexity index is 619. The molecule has 10 atom stereocenters. The second-order valence-corrected chi connectivity index (χ2v) is 8.82. The van der Waals surface area contributed by atoms with Gasteiger partial charge in [0.05, 0.1) is 38.6 Å². The van der Waals surface area contributed by atoms with E-state index in [0.717, 1.165) is 24.1 Å². The van der Waals surface area contributed by atoms with E-state index in [4.69, 9.17) is 31.4 Å². The molecule has 0 aliphatic carbocycles. The largest absolute Gasteiger partial charge is 0.388 e. The molecule has 0 bridgehead atoms. The highest BCUT2D eigenvalue weighted by Gasteiger charge is 2.48. The molecule has 4 unspecified atom stereocenters. The average Bonchev–Trinajstić information content (AvgIpc) is 2.80. The highest BCUT2D eigenvalue weighted by molar-refractivity contribution is 5.75. The summed E-state index contributed by atoms with van der Waals surface area (Å²) >= 11 is 0. The van der Waals surface area contributed by atoms with E-state index in [-0.39, 0.29) is 12.5 Å². The van der Waals surface area contributed by atoms with Gasteiger partial charge in [0, 0.05) is 6.54 Å². The second kappa shape index (κ2) is 12.1. The molecule has 11 N–H and O–H groups in total. The normalized spacial score (nSPS) is 39.9.